The van der Waals surface area contributed by atoms with Crippen LogP contribution in [0.2, 0.25) is 0 Å². The second kappa shape index (κ2) is 9.96. The number of carbonyl (C=O) groups is 1. The van der Waals surface area contributed by atoms with Crippen LogP contribution in [0.15, 0.2) is 11.8 Å². The Labute approximate surface area is 95.2 Å². The summed E-state index contributed by atoms with van der Waals surface area (Å²) < 4.78 is 9.57. The van der Waals surface area contributed by atoms with Crippen LogP contribution in [0.1, 0.15) is 0 Å². The third kappa shape index (κ3) is 6.81. The van der Waals surface area contributed by atoms with Crippen LogP contribution < -0.4 is 10.6 Å². The number of nitriles is 1. The van der Waals surface area contributed by atoms with Crippen LogP contribution in [0.25, 0.3) is 0 Å². The minimum absolute atomic E-state index is 0.0345. The van der Waals surface area contributed by atoms with Crippen molar-refractivity contribution in [3.05, 3.63) is 11.8 Å². The molecule has 0 saturated heterocycles. The molecule has 0 bridgehead atoms. The molecule has 1 amide bonds. The van der Waals surface area contributed by atoms with Crippen LogP contribution >= 0.6 is 0 Å². The van der Waals surface area contributed by atoms with Crippen molar-refractivity contribution in [3.63, 3.8) is 0 Å². The van der Waals surface area contributed by atoms with Gasteiger partial charge in [-0.15, -0.1) is 0 Å². The van der Waals surface area contributed by atoms with E-state index in [9.17, 15) is 4.79 Å². The fourth-order valence-electron chi connectivity index (χ4n) is 0.846. The van der Waals surface area contributed by atoms with Gasteiger partial charge in [-0.25, -0.2) is 0 Å². The zero-order chi connectivity index (χ0) is 12.2. The van der Waals surface area contributed by atoms with Gasteiger partial charge in [-0.1, -0.05) is 0 Å². The molecule has 0 atom stereocenters. The van der Waals surface area contributed by atoms with Gasteiger partial charge in [0.15, 0.2) is 0 Å². The van der Waals surface area contributed by atoms with E-state index in [2.05, 4.69) is 10.6 Å². The van der Waals surface area contributed by atoms with Gasteiger partial charge in [0.25, 0.3) is 5.91 Å². The van der Waals surface area contributed by atoms with Crippen molar-refractivity contribution in [3.8, 4) is 6.07 Å². The summed E-state index contributed by atoms with van der Waals surface area (Å²) in [4.78, 5) is 11.4. The highest BCUT2D eigenvalue weighted by Crippen LogP contribution is 1.89. The predicted octanol–water partition coefficient (Wildman–Crippen LogP) is -0.608. The molecule has 0 aromatic rings. The Morgan fingerprint density at radius 3 is 2.50 bits per heavy atom. The number of hydrogen-bond donors (Lipinski definition) is 2. The maximum atomic E-state index is 11.4. The summed E-state index contributed by atoms with van der Waals surface area (Å²) in [6.07, 6.45) is 1.38. The minimum Gasteiger partial charge on any atom is -0.387 e. The quantitative estimate of drug-likeness (QED) is 0.328. The molecule has 2 N–H and O–H groups in total. The Bertz CT molecular complexity index is 271. The number of amides is 1. The molecule has 0 spiro atoms. The molecule has 6 nitrogen and oxygen atoms in total. The van der Waals surface area contributed by atoms with E-state index < -0.39 is 5.91 Å². The standard InChI is InChI=1S/C10H17N3O3/c1-15-5-3-12-8-9(7-11)10(14)13-4-6-16-2/h8,12H,3-6H2,1-2H3,(H,13,14)/b9-8-. The van der Waals surface area contributed by atoms with Crippen LogP contribution in [0.5, 0.6) is 0 Å². The molecule has 0 radical (unpaired) electrons. The lowest BCUT2D eigenvalue weighted by molar-refractivity contribution is -0.117. The topological polar surface area (TPSA) is 83.4 Å². The molecule has 0 heterocycles. The van der Waals surface area contributed by atoms with Gasteiger partial charge in [0, 0.05) is 33.5 Å². The second-order valence-corrected chi connectivity index (χ2v) is 2.87. The number of rotatable bonds is 8. The third-order valence-electron chi connectivity index (χ3n) is 1.65. The largest absolute Gasteiger partial charge is 0.387 e. The molecular weight excluding hydrogens is 210 g/mol. The van der Waals surface area contributed by atoms with Crippen molar-refractivity contribution in [1.29, 1.82) is 5.26 Å². The first kappa shape index (κ1) is 14.4. The molecule has 0 fully saturated rings. The van der Waals surface area contributed by atoms with Crippen molar-refractivity contribution >= 4 is 5.91 Å². The van der Waals surface area contributed by atoms with Gasteiger partial charge in [0.2, 0.25) is 0 Å². The van der Waals surface area contributed by atoms with Crippen molar-refractivity contribution in [2.75, 3.05) is 40.5 Å². The normalized spacial score (nSPS) is 10.7. The highest BCUT2D eigenvalue weighted by Gasteiger charge is 2.06. The fraction of sp³-hybridized carbons (Fsp3) is 0.600. The van der Waals surface area contributed by atoms with Gasteiger partial charge in [-0.2, -0.15) is 5.26 Å². The highest BCUT2D eigenvalue weighted by molar-refractivity contribution is 5.97. The molecular formula is C10H17N3O3. The van der Waals surface area contributed by atoms with Gasteiger partial charge in [0.1, 0.15) is 11.6 Å². The van der Waals surface area contributed by atoms with Gasteiger partial charge in [0.05, 0.1) is 13.2 Å². The Hall–Kier alpha value is -1.58. The number of nitrogens with zero attached hydrogens (tertiary/aromatic N) is 1. The smallest absolute Gasteiger partial charge is 0.263 e. The maximum absolute atomic E-state index is 11.4. The Morgan fingerprint density at radius 2 is 1.94 bits per heavy atom. The van der Waals surface area contributed by atoms with Crippen LogP contribution in [-0.2, 0) is 14.3 Å². The zero-order valence-corrected chi connectivity index (χ0v) is 9.58. The number of nitrogens with one attached hydrogen (secondary N) is 2. The van der Waals surface area contributed by atoms with E-state index in [1.807, 2.05) is 6.07 Å². The summed E-state index contributed by atoms with van der Waals surface area (Å²) in [6.45, 7) is 1.86. The first-order chi connectivity index (χ1) is 7.76. The van der Waals surface area contributed by atoms with E-state index in [1.165, 1.54) is 6.20 Å². The van der Waals surface area contributed by atoms with Gasteiger partial charge in [-0.3, -0.25) is 4.79 Å². The molecule has 0 aromatic heterocycles. The fourth-order valence-corrected chi connectivity index (χ4v) is 0.846. The number of hydrogen-bond acceptors (Lipinski definition) is 5. The first-order valence-electron chi connectivity index (χ1n) is 4.86. The van der Waals surface area contributed by atoms with E-state index in [4.69, 9.17) is 14.7 Å². The summed E-state index contributed by atoms with van der Waals surface area (Å²) in [5.41, 5.74) is 0.0345. The first-order valence-corrected chi connectivity index (χ1v) is 4.86. The number of ether oxygens (including phenoxy) is 2. The molecule has 0 aliphatic rings. The Balaban J connectivity index is 3.96. The van der Waals surface area contributed by atoms with Gasteiger partial charge < -0.3 is 20.1 Å². The van der Waals surface area contributed by atoms with Crippen molar-refractivity contribution in [2.45, 2.75) is 0 Å². The summed E-state index contributed by atoms with van der Waals surface area (Å²) in [5, 5.41) is 14.1. The molecule has 0 rings (SSSR count). The lowest BCUT2D eigenvalue weighted by Crippen LogP contribution is -2.29. The van der Waals surface area contributed by atoms with Crippen LogP contribution in [0.4, 0.5) is 0 Å². The summed E-state index contributed by atoms with van der Waals surface area (Å²) in [5.74, 6) is -0.413. The van der Waals surface area contributed by atoms with E-state index >= 15 is 0 Å². The van der Waals surface area contributed by atoms with Gasteiger partial charge >= 0.3 is 0 Å². The van der Waals surface area contributed by atoms with Crippen LogP contribution in [0.3, 0.4) is 0 Å². The molecule has 16 heavy (non-hydrogen) atoms. The zero-order valence-electron chi connectivity index (χ0n) is 9.58. The van der Waals surface area contributed by atoms with E-state index in [0.29, 0.717) is 26.3 Å². The molecule has 0 aliphatic heterocycles. The third-order valence-corrected chi connectivity index (χ3v) is 1.65. The van der Waals surface area contributed by atoms with E-state index in [-0.39, 0.29) is 5.57 Å². The molecule has 6 heteroatoms. The van der Waals surface area contributed by atoms with Crippen molar-refractivity contribution in [1.82, 2.24) is 10.6 Å². The average Bonchev–Trinajstić information content (AvgIpc) is 2.29. The minimum atomic E-state index is -0.413. The van der Waals surface area contributed by atoms with Crippen LogP contribution in [-0.4, -0.2) is 46.4 Å². The van der Waals surface area contributed by atoms with Crippen molar-refractivity contribution in [2.24, 2.45) is 0 Å². The maximum Gasteiger partial charge on any atom is 0.263 e. The van der Waals surface area contributed by atoms with Crippen molar-refractivity contribution < 1.29 is 14.3 Å². The highest BCUT2D eigenvalue weighted by atomic mass is 16.5. The summed E-state index contributed by atoms with van der Waals surface area (Å²) in [7, 11) is 3.12. The Morgan fingerprint density at radius 1 is 1.31 bits per heavy atom. The van der Waals surface area contributed by atoms with Gasteiger partial charge in [-0.05, 0) is 0 Å². The molecule has 90 valence electrons. The monoisotopic (exact) mass is 227 g/mol. The lowest BCUT2D eigenvalue weighted by Gasteiger charge is -2.04. The SMILES string of the molecule is COCCN/C=C(/C#N)C(=O)NCCOC. The predicted molar refractivity (Wildman–Crippen MR) is 58.5 cm³/mol. The second-order valence-electron chi connectivity index (χ2n) is 2.87. The number of methoxy groups -OCH3 is 2. The molecule has 0 unspecified atom stereocenters. The van der Waals surface area contributed by atoms with E-state index in [0.717, 1.165) is 0 Å². The average molecular weight is 227 g/mol. The number of carbonyl (C=O) groups excluding carboxylic acids is 1. The Kier molecular flexibility index (Phi) is 8.97. The summed E-state index contributed by atoms with van der Waals surface area (Å²) in [6, 6.07) is 1.81. The molecule has 0 aliphatic carbocycles. The summed E-state index contributed by atoms with van der Waals surface area (Å²) >= 11 is 0. The lowest BCUT2D eigenvalue weighted by atomic mass is 10.3. The molecule has 0 aromatic carbocycles. The van der Waals surface area contributed by atoms with Crippen LogP contribution in [0, 0.1) is 11.3 Å². The molecule has 0 saturated carbocycles. The van der Waals surface area contributed by atoms with E-state index in [1.54, 1.807) is 14.2 Å².